The lowest BCUT2D eigenvalue weighted by Gasteiger charge is -2.31. The van der Waals surface area contributed by atoms with Crippen LogP contribution in [0.1, 0.15) is 53.1 Å². The summed E-state index contributed by atoms with van der Waals surface area (Å²) in [6.45, 7) is 0.318. The van der Waals surface area contributed by atoms with Gasteiger partial charge in [-0.1, -0.05) is 0 Å². The molecule has 4 aromatic rings. The maximum absolute atomic E-state index is 14.6. The molecule has 0 aliphatic heterocycles. The zero-order chi connectivity index (χ0) is 31.8. The number of rotatable bonds is 11. The Bertz CT molecular complexity index is 1720. The molecule has 44 heavy (non-hydrogen) atoms. The van der Waals surface area contributed by atoms with E-state index in [4.69, 9.17) is 15.2 Å². The van der Waals surface area contributed by atoms with Crippen molar-refractivity contribution in [3.05, 3.63) is 70.9 Å². The SMILES string of the molecule is CCOc1c(CC(N)=O)cc([C@@](O)(CNC(=O)c2cc(OC)c3nc(C4CC4)[nH]c3c2)C(F)(F)F)nc1-c1ccc(F)cc1. The van der Waals surface area contributed by atoms with E-state index in [-0.39, 0.29) is 46.4 Å². The van der Waals surface area contributed by atoms with Gasteiger partial charge in [0.1, 0.15) is 34.4 Å². The number of imidazole rings is 1. The second kappa shape index (κ2) is 11.8. The summed E-state index contributed by atoms with van der Waals surface area (Å²) in [4.78, 5) is 36.8. The first-order valence-corrected chi connectivity index (χ1v) is 13.7. The van der Waals surface area contributed by atoms with Gasteiger partial charge in [0.05, 0.1) is 37.9 Å². The van der Waals surface area contributed by atoms with Crippen molar-refractivity contribution >= 4 is 22.8 Å². The predicted molar refractivity (Wildman–Crippen MR) is 151 cm³/mol. The van der Waals surface area contributed by atoms with E-state index >= 15 is 0 Å². The van der Waals surface area contributed by atoms with E-state index in [0.29, 0.717) is 11.0 Å². The van der Waals surface area contributed by atoms with Crippen LogP contribution < -0.4 is 20.5 Å². The number of primary amides is 1. The number of carbonyl (C=O) groups is 2. The molecule has 1 fully saturated rings. The molecular formula is C30H29F4N5O5. The van der Waals surface area contributed by atoms with E-state index in [1.165, 1.54) is 31.4 Å². The van der Waals surface area contributed by atoms with Crippen molar-refractivity contribution in [2.75, 3.05) is 20.3 Å². The Morgan fingerprint density at radius 1 is 1.14 bits per heavy atom. The van der Waals surface area contributed by atoms with Crippen LogP contribution in [0.2, 0.25) is 0 Å². The minimum Gasteiger partial charge on any atom is -0.494 e. The summed E-state index contributed by atoms with van der Waals surface area (Å²) < 4.78 is 68.6. The van der Waals surface area contributed by atoms with Crippen LogP contribution in [-0.2, 0) is 16.8 Å². The van der Waals surface area contributed by atoms with Gasteiger partial charge in [-0.25, -0.2) is 14.4 Å². The zero-order valence-corrected chi connectivity index (χ0v) is 23.7. The number of hydrogen-bond donors (Lipinski definition) is 4. The molecule has 0 unspecified atom stereocenters. The summed E-state index contributed by atoms with van der Waals surface area (Å²) in [6, 6.07) is 8.31. The van der Waals surface area contributed by atoms with E-state index in [2.05, 4.69) is 20.3 Å². The first-order chi connectivity index (χ1) is 20.8. The fraction of sp³-hybridized carbons (Fsp3) is 0.333. The van der Waals surface area contributed by atoms with Crippen LogP contribution in [-0.4, -0.2) is 58.3 Å². The Balaban J connectivity index is 1.54. The maximum Gasteiger partial charge on any atom is 0.424 e. The number of ether oxygens (including phenoxy) is 2. The number of amides is 2. The summed E-state index contributed by atoms with van der Waals surface area (Å²) in [7, 11) is 1.38. The lowest BCUT2D eigenvalue weighted by atomic mass is 9.93. The number of nitrogens with two attached hydrogens (primary N) is 1. The summed E-state index contributed by atoms with van der Waals surface area (Å²) >= 11 is 0. The number of aliphatic hydroxyl groups is 1. The fourth-order valence-electron chi connectivity index (χ4n) is 4.81. The van der Waals surface area contributed by atoms with E-state index in [9.17, 15) is 32.3 Å². The van der Waals surface area contributed by atoms with Gasteiger partial charge in [0.25, 0.3) is 5.91 Å². The molecule has 2 amide bonds. The van der Waals surface area contributed by atoms with Crippen LogP contribution >= 0.6 is 0 Å². The standard InChI is InChI=1S/C30H29F4N5O5/c1-3-44-26-17(13-23(35)40)12-22(38-24(26)15-6-8-19(31)9-7-15)29(42,30(32,33)34)14-36-28(41)18-10-20-25(21(11-18)43-2)39-27(37-20)16-4-5-16/h6-12,16,42H,3-5,13-14H2,1-2H3,(H2,35,40)(H,36,41)(H,37,39)/t29-/m0/s1. The molecule has 5 N–H and O–H groups in total. The lowest BCUT2D eigenvalue weighted by molar-refractivity contribution is -0.265. The van der Waals surface area contributed by atoms with Gasteiger partial charge in [-0.2, -0.15) is 13.2 Å². The van der Waals surface area contributed by atoms with Crippen molar-refractivity contribution in [3.63, 3.8) is 0 Å². The molecule has 1 saturated carbocycles. The number of methoxy groups -OCH3 is 1. The molecule has 14 heteroatoms. The quantitative estimate of drug-likeness (QED) is 0.184. The Kier molecular flexibility index (Phi) is 8.21. The summed E-state index contributed by atoms with van der Waals surface area (Å²) in [5, 5.41) is 13.4. The molecule has 0 spiro atoms. The number of alkyl halides is 3. The van der Waals surface area contributed by atoms with Crippen molar-refractivity contribution in [2.45, 2.75) is 43.9 Å². The molecule has 0 radical (unpaired) electrons. The van der Waals surface area contributed by atoms with Crippen molar-refractivity contribution < 1.29 is 41.7 Å². The van der Waals surface area contributed by atoms with Crippen LogP contribution in [0.5, 0.6) is 11.5 Å². The Labute approximate surface area is 248 Å². The molecule has 2 aromatic heterocycles. The van der Waals surface area contributed by atoms with Crippen molar-refractivity contribution in [1.82, 2.24) is 20.3 Å². The Hall–Kier alpha value is -4.72. The Morgan fingerprint density at radius 3 is 2.43 bits per heavy atom. The molecular weight excluding hydrogens is 586 g/mol. The summed E-state index contributed by atoms with van der Waals surface area (Å²) in [6.07, 6.45) is -3.97. The van der Waals surface area contributed by atoms with Gasteiger partial charge in [-0.05, 0) is 62.2 Å². The monoisotopic (exact) mass is 615 g/mol. The minimum absolute atomic E-state index is 0.0362. The highest BCUT2D eigenvalue weighted by Gasteiger charge is 2.56. The molecule has 10 nitrogen and oxygen atoms in total. The average molecular weight is 616 g/mol. The van der Waals surface area contributed by atoms with Crippen molar-refractivity contribution in [1.29, 1.82) is 0 Å². The molecule has 0 saturated heterocycles. The number of benzene rings is 2. The van der Waals surface area contributed by atoms with Gasteiger partial charge in [0.2, 0.25) is 11.5 Å². The van der Waals surface area contributed by atoms with E-state index in [1.54, 1.807) is 6.92 Å². The molecule has 2 aromatic carbocycles. The second-order valence-corrected chi connectivity index (χ2v) is 10.4. The van der Waals surface area contributed by atoms with Gasteiger partial charge in [-0.3, -0.25) is 9.59 Å². The molecule has 232 valence electrons. The van der Waals surface area contributed by atoms with Crippen LogP contribution in [0.3, 0.4) is 0 Å². The highest BCUT2D eigenvalue weighted by molar-refractivity contribution is 5.99. The maximum atomic E-state index is 14.6. The summed E-state index contributed by atoms with van der Waals surface area (Å²) in [5.74, 6) is -1.23. The topological polar surface area (TPSA) is 152 Å². The number of nitrogens with zero attached hydrogens (tertiary/aromatic N) is 2. The van der Waals surface area contributed by atoms with Crippen LogP contribution in [0.25, 0.3) is 22.3 Å². The van der Waals surface area contributed by atoms with Gasteiger partial charge < -0.3 is 30.6 Å². The van der Waals surface area contributed by atoms with Gasteiger partial charge in [-0.15, -0.1) is 0 Å². The first kappa shape index (κ1) is 30.7. The molecule has 1 aliphatic rings. The fourth-order valence-corrected chi connectivity index (χ4v) is 4.81. The summed E-state index contributed by atoms with van der Waals surface area (Å²) in [5.41, 5.74) is 1.51. The number of aromatic nitrogens is 3. The Morgan fingerprint density at radius 2 is 1.84 bits per heavy atom. The van der Waals surface area contributed by atoms with Crippen molar-refractivity contribution in [3.8, 4) is 22.8 Å². The average Bonchev–Trinajstić information content (AvgIpc) is 3.74. The van der Waals surface area contributed by atoms with Gasteiger partial charge in [0.15, 0.2) is 0 Å². The minimum atomic E-state index is -5.35. The highest BCUT2D eigenvalue weighted by atomic mass is 19.4. The smallest absolute Gasteiger partial charge is 0.424 e. The molecule has 5 rings (SSSR count). The van der Waals surface area contributed by atoms with E-state index in [0.717, 1.165) is 36.9 Å². The molecule has 1 atom stereocenters. The number of carbonyl (C=O) groups excluding carboxylic acids is 2. The number of H-pyrrole nitrogens is 1. The number of nitrogens with one attached hydrogen (secondary N) is 2. The number of aromatic amines is 1. The number of hydrogen-bond acceptors (Lipinski definition) is 7. The number of halogens is 4. The van der Waals surface area contributed by atoms with Crippen LogP contribution in [0, 0.1) is 5.82 Å². The second-order valence-electron chi connectivity index (χ2n) is 10.4. The lowest BCUT2D eigenvalue weighted by Crippen LogP contribution is -2.51. The van der Waals surface area contributed by atoms with E-state index < -0.39 is 48.1 Å². The van der Waals surface area contributed by atoms with Crippen molar-refractivity contribution in [2.24, 2.45) is 5.73 Å². The van der Waals surface area contributed by atoms with Gasteiger partial charge in [0, 0.05) is 22.6 Å². The molecule has 1 aliphatic carbocycles. The van der Waals surface area contributed by atoms with Crippen LogP contribution in [0.15, 0.2) is 42.5 Å². The number of pyridine rings is 1. The largest absolute Gasteiger partial charge is 0.494 e. The first-order valence-electron chi connectivity index (χ1n) is 13.7. The normalized spacial score (nSPS) is 14.7. The van der Waals surface area contributed by atoms with Crippen LogP contribution in [0.4, 0.5) is 17.6 Å². The highest BCUT2D eigenvalue weighted by Crippen LogP contribution is 2.43. The third-order valence-electron chi connectivity index (χ3n) is 7.23. The number of fused-ring (bicyclic) bond motifs is 1. The predicted octanol–water partition coefficient (Wildman–Crippen LogP) is 4.26. The zero-order valence-electron chi connectivity index (χ0n) is 23.7. The third-order valence-corrected chi connectivity index (χ3v) is 7.23. The third kappa shape index (κ3) is 6.02. The molecule has 0 bridgehead atoms. The van der Waals surface area contributed by atoms with E-state index in [1.807, 2.05) is 0 Å². The molecule has 2 heterocycles. The van der Waals surface area contributed by atoms with Gasteiger partial charge >= 0.3 is 6.18 Å².